The first-order chi connectivity index (χ1) is 11.0. The molecule has 6 heteroatoms. The number of hydrogen-bond donors (Lipinski definition) is 2. The highest BCUT2D eigenvalue weighted by atomic mass is 16.6. The number of aliphatic hydroxyl groups is 1. The van der Waals surface area contributed by atoms with Crippen LogP contribution in [0.15, 0.2) is 30.3 Å². The maximum atomic E-state index is 12.4. The van der Waals surface area contributed by atoms with E-state index in [-0.39, 0.29) is 41.6 Å². The van der Waals surface area contributed by atoms with Crippen LogP contribution < -0.4 is 0 Å². The summed E-state index contributed by atoms with van der Waals surface area (Å²) in [5.41, 5.74) is 0.757. The normalized spacial score (nSPS) is 42.0. The van der Waals surface area contributed by atoms with Crippen molar-refractivity contribution in [1.82, 2.24) is 0 Å². The molecule has 1 aromatic carbocycles. The molecule has 3 aliphatic heterocycles. The van der Waals surface area contributed by atoms with Crippen LogP contribution in [0, 0.1) is 0 Å². The molecular formula is C17H22NO5+. The first-order valence-corrected chi connectivity index (χ1v) is 8.12. The van der Waals surface area contributed by atoms with Gasteiger partial charge in [-0.3, -0.25) is 4.79 Å². The minimum Gasteiger partial charge on any atom is -0.461 e. The maximum Gasteiger partial charge on any atom is 0.316 e. The molecule has 0 radical (unpaired) electrons. The van der Waals surface area contributed by atoms with E-state index in [2.05, 4.69) is 0 Å². The predicted octanol–water partition coefficient (Wildman–Crippen LogP) is 0.822. The fourth-order valence-corrected chi connectivity index (χ4v) is 4.27. The molecule has 0 aromatic heterocycles. The Labute approximate surface area is 134 Å². The Balaban J connectivity index is 1.44. The molecule has 1 aromatic rings. The van der Waals surface area contributed by atoms with Gasteiger partial charge in [-0.25, -0.2) is 5.21 Å². The average molecular weight is 320 g/mol. The number of hydrogen-bond acceptors (Lipinski definition) is 5. The fourth-order valence-electron chi connectivity index (χ4n) is 4.27. The summed E-state index contributed by atoms with van der Waals surface area (Å²) >= 11 is 0. The zero-order valence-electron chi connectivity index (χ0n) is 13.0. The SMILES string of the molecule is C[N+]1(O)C2CC(OC(=O)C(CO)c3ccccc3)CC1C1OC12. The van der Waals surface area contributed by atoms with Crippen LogP contribution in [0.2, 0.25) is 0 Å². The third-order valence-electron chi connectivity index (χ3n) is 5.62. The molecule has 3 saturated heterocycles. The summed E-state index contributed by atoms with van der Waals surface area (Å²) < 4.78 is 11.2. The van der Waals surface area contributed by atoms with Crippen LogP contribution in [0.1, 0.15) is 24.3 Å². The monoisotopic (exact) mass is 320 g/mol. The molecule has 0 amide bonds. The van der Waals surface area contributed by atoms with E-state index < -0.39 is 11.9 Å². The average Bonchev–Trinajstić information content (AvgIpc) is 3.27. The van der Waals surface area contributed by atoms with Gasteiger partial charge in [-0.2, -0.15) is 4.65 Å². The van der Waals surface area contributed by atoms with Crippen LogP contribution in [0.25, 0.3) is 0 Å². The molecule has 23 heavy (non-hydrogen) atoms. The number of fused-ring (bicyclic) bond motifs is 5. The molecule has 2 N–H and O–H groups in total. The lowest BCUT2D eigenvalue weighted by molar-refractivity contribution is -1.12. The molecule has 3 heterocycles. The van der Waals surface area contributed by atoms with Crippen molar-refractivity contribution >= 4 is 5.97 Å². The van der Waals surface area contributed by atoms with Gasteiger partial charge in [-0.1, -0.05) is 30.3 Å². The quantitative estimate of drug-likeness (QED) is 0.488. The number of esters is 1. The van der Waals surface area contributed by atoms with Crippen LogP contribution >= 0.6 is 0 Å². The first-order valence-electron chi connectivity index (χ1n) is 8.12. The molecule has 3 fully saturated rings. The molecule has 2 bridgehead atoms. The predicted molar refractivity (Wildman–Crippen MR) is 79.6 cm³/mol. The van der Waals surface area contributed by atoms with Crippen molar-refractivity contribution in [2.24, 2.45) is 0 Å². The van der Waals surface area contributed by atoms with E-state index >= 15 is 0 Å². The second-order valence-corrected chi connectivity index (χ2v) is 6.97. The Morgan fingerprint density at radius 1 is 1.30 bits per heavy atom. The highest BCUT2D eigenvalue weighted by Gasteiger charge is 2.73. The molecular weight excluding hydrogens is 298 g/mol. The van der Waals surface area contributed by atoms with Gasteiger partial charge < -0.3 is 14.6 Å². The van der Waals surface area contributed by atoms with Gasteiger partial charge in [0.2, 0.25) is 0 Å². The van der Waals surface area contributed by atoms with Crippen molar-refractivity contribution in [2.75, 3.05) is 13.7 Å². The van der Waals surface area contributed by atoms with Gasteiger partial charge in [0.1, 0.15) is 24.2 Å². The zero-order valence-corrected chi connectivity index (χ0v) is 13.0. The van der Waals surface area contributed by atoms with Gasteiger partial charge in [-0.05, 0) is 5.56 Å². The highest BCUT2D eigenvalue weighted by molar-refractivity contribution is 5.78. The summed E-state index contributed by atoms with van der Waals surface area (Å²) in [6.07, 6.45) is 1.18. The van der Waals surface area contributed by atoms with Crippen LogP contribution in [-0.4, -0.2) is 65.0 Å². The van der Waals surface area contributed by atoms with Crippen molar-refractivity contribution in [1.29, 1.82) is 0 Å². The summed E-state index contributed by atoms with van der Waals surface area (Å²) in [7, 11) is 1.81. The van der Waals surface area contributed by atoms with Crippen molar-refractivity contribution < 1.29 is 29.2 Å². The second-order valence-electron chi connectivity index (χ2n) is 6.97. The van der Waals surface area contributed by atoms with Gasteiger partial charge in [0.25, 0.3) is 0 Å². The second kappa shape index (κ2) is 5.27. The lowest BCUT2D eigenvalue weighted by Gasteiger charge is -2.41. The van der Waals surface area contributed by atoms with E-state index in [1.54, 1.807) is 0 Å². The summed E-state index contributed by atoms with van der Waals surface area (Å²) in [5.74, 6) is -1.05. The van der Waals surface area contributed by atoms with Gasteiger partial charge in [0, 0.05) is 12.8 Å². The number of likely N-dealkylation sites (N-methyl/N-ethyl adjacent to an activating group) is 1. The lowest BCUT2D eigenvalue weighted by atomic mass is 9.97. The minimum absolute atomic E-state index is 0.0223. The van der Waals surface area contributed by atoms with Crippen LogP contribution in [-0.2, 0) is 14.3 Å². The van der Waals surface area contributed by atoms with Gasteiger partial charge in [-0.15, -0.1) is 0 Å². The smallest absolute Gasteiger partial charge is 0.316 e. The molecule has 0 spiro atoms. The van der Waals surface area contributed by atoms with E-state index in [4.69, 9.17) is 9.47 Å². The summed E-state index contributed by atoms with van der Waals surface area (Å²) in [4.78, 5) is 12.4. The Bertz CT molecular complexity index is 584. The third-order valence-corrected chi connectivity index (χ3v) is 5.62. The highest BCUT2D eigenvalue weighted by Crippen LogP contribution is 2.51. The topological polar surface area (TPSA) is 79.3 Å². The number of aliphatic hydroxyl groups excluding tert-OH is 1. The Kier molecular flexibility index (Phi) is 3.46. The number of carbonyl (C=O) groups excluding carboxylic acids is 1. The maximum absolute atomic E-state index is 12.4. The first kappa shape index (κ1) is 15.1. The number of epoxide rings is 1. The zero-order chi connectivity index (χ0) is 16.2. The van der Waals surface area contributed by atoms with Crippen LogP contribution in [0.5, 0.6) is 0 Å². The fraction of sp³-hybridized carbons (Fsp3) is 0.588. The van der Waals surface area contributed by atoms with Gasteiger partial charge in [0.05, 0.1) is 13.7 Å². The van der Waals surface area contributed by atoms with E-state index in [0.717, 1.165) is 5.56 Å². The van der Waals surface area contributed by atoms with E-state index in [1.807, 2.05) is 37.4 Å². The summed E-state index contributed by atoms with van der Waals surface area (Å²) in [6, 6.07) is 9.13. The lowest BCUT2D eigenvalue weighted by Crippen LogP contribution is -2.60. The number of morpholine rings is 1. The Morgan fingerprint density at radius 3 is 2.48 bits per heavy atom. The van der Waals surface area contributed by atoms with Crippen molar-refractivity contribution in [3.63, 3.8) is 0 Å². The van der Waals surface area contributed by atoms with Crippen LogP contribution in [0.3, 0.4) is 0 Å². The standard InChI is InChI=1S/C17H22NO5/c1-18(21)13-7-11(8-14(18)16-15(13)23-16)22-17(20)12(9-19)10-5-3-2-4-6-10/h2-6,11-16,19,21H,7-9H2,1H3/q+1. The molecule has 5 unspecified atom stereocenters. The number of piperidine rings is 1. The largest absolute Gasteiger partial charge is 0.461 e. The third kappa shape index (κ3) is 2.37. The number of rotatable bonds is 4. The van der Waals surface area contributed by atoms with Crippen molar-refractivity contribution in [2.45, 2.75) is 49.2 Å². The molecule has 124 valence electrons. The van der Waals surface area contributed by atoms with Crippen LogP contribution in [0.4, 0.5) is 0 Å². The van der Waals surface area contributed by atoms with E-state index in [9.17, 15) is 15.1 Å². The number of benzene rings is 1. The van der Waals surface area contributed by atoms with Gasteiger partial charge in [0.15, 0.2) is 12.1 Å². The van der Waals surface area contributed by atoms with Crippen molar-refractivity contribution in [3.05, 3.63) is 35.9 Å². The number of hydroxylamine groups is 3. The summed E-state index contributed by atoms with van der Waals surface area (Å²) in [6.45, 7) is -0.273. The molecule has 0 aliphatic carbocycles. The number of quaternary nitrogens is 1. The van der Waals surface area contributed by atoms with Gasteiger partial charge >= 0.3 is 5.97 Å². The van der Waals surface area contributed by atoms with Crippen molar-refractivity contribution in [3.8, 4) is 0 Å². The number of ether oxygens (including phenoxy) is 2. The molecule has 6 nitrogen and oxygen atoms in total. The molecule has 3 aliphatic rings. The molecule has 5 atom stereocenters. The number of carbonyl (C=O) groups is 1. The number of nitrogens with zero attached hydrogens (tertiary/aromatic N) is 1. The minimum atomic E-state index is -0.656. The molecule has 0 saturated carbocycles. The molecule has 4 rings (SSSR count). The Hall–Kier alpha value is -1.47. The van der Waals surface area contributed by atoms with E-state index in [1.165, 1.54) is 0 Å². The Morgan fingerprint density at radius 2 is 1.91 bits per heavy atom. The van der Waals surface area contributed by atoms with E-state index in [0.29, 0.717) is 12.8 Å². The summed E-state index contributed by atoms with van der Waals surface area (Å²) in [5, 5.41) is 20.1.